The average Bonchev–Trinajstić information content (AvgIpc) is 3.63. The third kappa shape index (κ3) is 8.87. The fourth-order valence-corrected chi connectivity index (χ4v) is 9.67. The van der Waals surface area contributed by atoms with Crippen LogP contribution in [-0.4, -0.2) is 122 Å². The van der Waals surface area contributed by atoms with Gasteiger partial charge in [-0.15, -0.1) is 0 Å². The lowest BCUT2D eigenvalue weighted by Gasteiger charge is -2.42. The second-order valence-corrected chi connectivity index (χ2v) is 16.9. The summed E-state index contributed by atoms with van der Waals surface area (Å²) >= 11 is 5.69. The molecule has 14 nitrogen and oxygen atoms in total. The van der Waals surface area contributed by atoms with Crippen LogP contribution < -0.4 is 15.5 Å². The van der Waals surface area contributed by atoms with E-state index in [1.165, 1.54) is 16.8 Å². The average molecular weight is 890 g/mol. The predicted molar refractivity (Wildman–Crippen MR) is 216 cm³/mol. The van der Waals surface area contributed by atoms with Crippen molar-refractivity contribution < 1.29 is 50.3 Å². The van der Waals surface area contributed by atoms with Crippen molar-refractivity contribution in [2.24, 2.45) is 7.05 Å². The van der Waals surface area contributed by atoms with Gasteiger partial charge < -0.3 is 15.0 Å². The third-order valence-corrected chi connectivity index (χ3v) is 12.6. The van der Waals surface area contributed by atoms with Gasteiger partial charge in [0.25, 0.3) is 5.91 Å². The Morgan fingerprint density at radius 1 is 1.05 bits per heavy atom. The van der Waals surface area contributed by atoms with Crippen LogP contribution in [0.2, 0.25) is 0 Å². The van der Waals surface area contributed by atoms with Crippen molar-refractivity contribution in [3.05, 3.63) is 53.2 Å². The Hall–Kier alpha value is -5.17. The number of nitrogens with zero attached hydrogens (tertiary/aromatic N) is 7. The number of halogens is 6. The third-order valence-electron chi connectivity index (χ3n) is 12.2. The molecule has 332 valence electrons. The molecule has 3 aromatic rings. The molecular weight excluding hydrogens is 845 g/mol. The highest BCUT2D eigenvalue weighted by molar-refractivity contribution is 7.80. The van der Waals surface area contributed by atoms with Gasteiger partial charge >= 0.3 is 12.4 Å². The molecule has 4 aliphatic rings. The van der Waals surface area contributed by atoms with Crippen LogP contribution in [0.25, 0.3) is 10.9 Å². The first-order chi connectivity index (χ1) is 29.2. The van der Waals surface area contributed by atoms with E-state index < -0.39 is 65.2 Å². The maximum absolute atomic E-state index is 14.4. The van der Waals surface area contributed by atoms with Gasteiger partial charge in [0, 0.05) is 51.1 Å². The monoisotopic (exact) mass is 889 g/mol. The molecule has 62 heavy (non-hydrogen) atoms. The molecule has 1 aliphatic carbocycles. The van der Waals surface area contributed by atoms with Gasteiger partial charge in [0.2, 0.25) is 17.7 Å². The first-order valence-corrected chi connectivity index (χ1v) is 20.6. The maximum Gasteiger partial charge on any atom is 0.417 e. The second kappa shape index (κ2) is 17.2. The van der Waals surface area contributed by atoms with E-state index in [1.807, 2.05) is 0 Å². The Balaban J connectivity index is 0.910. The van der Waals surface area contributed by atoms with Crippen molar-refractivity contribution in [3.63, 3.8) is 0 Å². The van der Waals surface area contributed by atoms with Gasteiger partial charge in [-0.1, -0.05) is 12.1 Å². The highest BCUT2D eigenvalue weighted by Crippen LogP contribution is 2.41. The first-order valence-electron chi connectivity index (χ1n) is 20.2. The molecular formula is C41H45F6N9O5S. The molecule has 0 spiro atoms. The second-order valence-electron chi connectivity index (χ2n) is 16.6. The smallest absolute Gasteiger partial charge is 0.377 e. The van der Waals surface area contributed by atoms with Gasteiger partial charge in [0.15, 0.2) is 5.11 Å². The predicted octanol–water partition coefficient (Wildman–Crippen LogP) is 5.21. The number of hydrogen-bond donors (Lipinski definition) is 2. The van der Waals surface area contributed by atoms with Crippen LogP contribution >= 0.6 is 12.2 Å². The number of para-hydroxylation sites is 1. The van der Waals surface area contributed by atoms with E-state index >= 15 is 0 Å². The number of benzene rings is 2. The number of fused-ring (bicyclic) bond motifs is 1. The van der Waals surface area contributed by atoms with Gasteiger partial charge in [-0.3, -0.25) is 43.9 Å². The van der Waals surface area contributed by atoms with Crippen molar-refractivity contribution in [3.8, 4) is 6.07 Å². The summed E-state index contributed by atoms with van der Waals surface area (Å²) in [7, 11) is 1.63. The summed E-state index contributed by atoms with van der Waals surface area (Å²) in [6.45, 7) is 3.05. The molecule has 21 heteroatoms. The molecule has 3 saturated heterocycles. The molecule has 0 radical (unpaired) electrons. The highest BCUT2D eigenvalue weighted by Gasteiger charge is 2.53. The zero-order chi connectivity index (χ0) is 44.9. The molecule has 2 atom stereocenters. The first kappa shape index (κ1) is 44.9. The molecule has 3 aliphatic heterocycles. The number of nitriles is 1. The zero-order valence-electron chi connectivity index (χ0n) is 34.1. The standard InChI is InChI=1S/C41H45F6N9O5S/c1-39(2)37(60)55(25-8-7-23(20-48)29(19-25)40(42,43)44)38(62)56(39)24-9-11-26(12-10-24)61-18-17-53-15-16-54(31(21-53)41(45,46)47)22-33(58)49-30-6-4-5-27-34(51-52(3)35(27)30)28-13-14-32(57)50-36(28)59/h4-8,19,24,26,28,31H,9-18,21-22H2,1-3H3,(H,49,58)(H,50,57,59). The van der Waals surface area contributed by atoms with E-state index in [4.69, 9.17) is 17.0 Å². The number of rotatable bonds is 10. The summed E-state index contributed by atoms with van der Waals surface area (Å²) in [4.78, 5) is 56.8. The quantitative estimate of drug-likeness (QED) is 0.157. The summed E-state index contributed by atoms with van der Waals surface area (Å²) in [6.07, 6.45) is -7.03. The van der Waals surface area contributed by atoms with E-state index in [9.17, 15) is 50.8 Å². The number of ether oxygens (including phenoxy) is 1. The minimum Gasteiger partial charge on any atom is -0.377 e. The van der Waals surface area contributed by atoms with Gasteiger partial charge in [-0.2, -0.15) is 36.7 Å². The van der Waals surface area contributed by atoms with E-state index in [2.05, 4.69) is 15.7 Å². The maximum atomic E-state index is 14.4. The zero-order valence-corrected chi connectivity index (χ0v) is 34.9. The van der Waals surface area contributed by atoms with Crippen LogP contribution in [0.1, 0.15) is 75.1 Å². The van der Waals surface area contributed by atoms with E-state index in [0.29, 0.717) is 48.0 Å². The number of hydrogen-bond acceptors (Lipinski definition) is 10. The van der Waals surface area contributed by atoms with Gasteiger partial charge in [0.05, 0.1) is 65.0 Å². The lowest BCUT2D eigenvalue weighted by Crippen LogP contribution is -2.60. The number of imide groups is 1. The number of piperidine rings is 1. The number of piperazine rings is 1. The summed E-state index contributed by atoms with van der Waals surface area (Å²) in [5.41, 5.74) is -1.75. The normalized spacial score (nSPS) is 24.1. The minimum absolute atomic E-state index is 0.0282. The topological polar surface area (TPSA) is 156 Å². The van der Waals surface area contributed by atoms with Gasteiger partial charge in [-0.05, 0) is 82.4 Å². The number of amides is 4. The summed E-state index contributed by atoms with van der Waals surface area (Å²) < 4.78 is 92.2. The molecule has 4 heterocycles. The molecule has 1 saturated carbocycles. The molecule has 4 amide bonds. The van der Waals surface area contributed by atoms with Crippen LogP contribution in [0.3, 0.4) is 0 Å². The van der Waals surface area contributed by atoms with E-state index in [-0.39, 0.29) is 74.5 Å². The number of aryl methyl sites for hydroxylation is 1. The number of nitrogens with one attached hydrogen (secondary N) is 2. The number of carbonyl (C=O) groups excluding carboxylic acids is 4. The van der Waals surface area contributed by atoms with Crippen molar-refractivity contribution >= 4 is 63.2 Å². The Kier molecular flexibility index (Phi) is 12.4. The van der Waals surface area contributed by atoms with Crippen LogP contribution in [0, 0.1) is 11.3 Å². The van der Waals surface area contributed by atoms with Crippen LogP contribution in [0.15, 0.2) is 36.4 Å². The number of carbonyl (C=O) groups is 4. The fourth-order valence-electron chi connectivity index (χ4n) is 9.10. The van der Waals surface area contributed by atoms with Gasteiger partial charge in [-0.25, -0.2) is 0 Å². The van der Waals surface area contributed by atoms with E-state index in [0.717, 1.165) is 21.9 Å². The lowest BCUT2D eigenvalue weighted by atomic mass is 9.89. The van der Waals surface area contributed by atoms with Crippen molar-refractivity contribution in [1.29, 1.82) is 5.26 Å². The minimum atomic E-state index is -4.82. The Labute approximate surface area is 358 Å². The SMILES string of the molecule is Cn1nc(C2CCC(=O)NC2=O)c2cccc(NC(=O)CN3CCN(CCOC4CCC(N5C(=S)N(c6ccc(C#N)c(C(F)(F)F)c6)C(=O)C5(C)C)CC4)CC3C(F)(F)F)c21. The summed E-state index contributed by atoms with van der Waals surface area (Å²) in [5.74, 6) is -2.66. The van der Waals surface area contributed by atoms with Crippen LogP contribution in [0.4, 0.5) is 37.7 Å². The number of aromatic nitrogens is 2. The number of anilines is 2. The largest absolute Gasteiger partial charge is 0.417 e. The van der Waals surface area contributed by atoms with Crippen molar-refractivity contribution in [1.82, 2.24) is 29.8 Å². The molecule has 2 N–H and O–H groups in total. The molecule has 1 aromatic heterocycles. The van der Waals surface area contributed by atoms with Crippen LogP contribution in [-0.2, 0) is 37.1 Å². The summed E-state index contributed by atoms with van der Waals surface area (Å²) in [6, 6.07) is 7.44. The molecule has 2 unspecified atom stereocenters. The van der Waals surface area contributed by atoms with E-state index in [1.54, 1.807) is 48.9 Å². The number of alkyl halides is 6. The van der Waals surface area contributed by atoms with Crippen molar-refractivity contribution in [2.45, 2.75) is 94.4 Å². The molecule has 4 fully saturated rings. The Morgan fingerprint density at radius 3 is 2.44 bits per heavy atom. The van der Waals surface area contributed by atoms with Crippen LogP contribution in [0.5, 0.6) is 0 Å². The number of thiocarbonyl (C=S) groups is 1. The molecule has 7 rings (SSSR count). The van der Waals surface area contributed by atoms with Gasteiger partial charge in [0.1, 0.15) is 11.6 Å². The fraction of sp³-hybridized carbons (Fsp3) is 0.537. The Bertz CT molecular complexity index is 2320. The summed E-state index contributed by atoms with van der Waals surface area (Å²) in [5, 5.41) is 19.4. The molecule has 2 aromatic carbocycles. The van der Waals surface area contributed by atoms with Crippen molar-refractivity contribution in [2.75, 3.05) is 49.5 Å². The Morgan fingerprint density at radius 2 is 1.77 bits per heavy atom. The molecule has 0 bridgehead atoms. The highest BCUT2D eigenvalue weighted by atomic mass is 32.1. The lowest BCUT2D eigenvalue weighted by molar-refractivity contribution is -0.197.